The quantitative estimate of drug-likeness (QED) is 0.712. The number of methoxy groups -OCH3 is 1. The SMILES string of the molecule is COc1cccc([C@H]2CC(=O)C3=C(C2)Nc2nnnn2[C@@H]3c2ccc(Cl)cc2)c1. The summed E-state index contributed by atoms with van der Waals surface area (Å²) in [6.45, 7) is 0. The lowest BCUT2D eigenvalue weighted by atomic mass is 9.78. The van der Waals surface area contributed by atoms with Gasteiger partial charge in [0, 0.05) is 22.7 Å². The molecule has 5 rings (SSSR count). The van der Waals surface area contributed by atoms with Gasteiger partial charge in [0.05, 0.1) is 7.11 Å². The summed E-state index contributed by atoms with van der Waals surface area (Å²) in [5, 5.41) is 15.9. The van der Waals surface area contributed by atoms with E-state index in [1.165, 1.54) is 0 Å². The number of Topliss-reactive ketones (excluding diaryl/α,β-unsaturated/α-hetero) is 1. The molecule has 2 atom stereocenters. The highest BCUT2D eigenvalue weighted by molar-refractivity contribution is 6.30. The van der Waals surface area contributed by atoms with E-state index in [9.17, 15) is 4.79 Å². The third-order valence-electron chi connectivity index (χ3n) is 5.53. The number of benzene rings is 2. The van der Waals surface area contributed by atoms with Crippen LogP contribution in [0, 0.1) is 0 Å². The smallest absolute Gasteiger partial charge is 0.248 e. The number of allylic oxidation sites excluding steroid dienone is 2. The number of fused-ring (bicyclic) bond motifs is 1. The van der Waals surface area contributed by atoms with E-state index < -0.39 is 0 Å². The second-order valence-corrected chi connectivity index (χ2v) is 7.66. The van der Waals surface area contributed by atoms with Gasteiger partial charge in [-0.2, -0.15) is 4.68 Å². The molecule has 3 aromatic rings. The first-order valence-electron chi connectivity index (χ1n) is 9.34. The Labute approximate surface area is 172 Å². The van der Waals surface area contributed by atoms with Crippen molar-refractivity contribution in [1.29, 1.82) is 0 Å². The molecule has 1 N–H and O–H groups in total. The number of ketones is 1. The van der Waals surface area contributed by atoms with Gasteiger partial charge in [-0.1, -0.05) is 41.0 Å². The van der Waals surface area contributed by atoms with Crippen LogP contribution in [0.1, 0.15) is 35.9 Å². The minimum atomic E-state index is -0.368. The van der Waals surface area contributed by atoms with E-state index >= 15 is 0 Å². The van der Waals surface area contributed by atoms with Gasteiger partial charge >= 0.3 is 0 Å². The molecule has 1 aliphatic heterocycles. The van der Waals surface area contributed by atoms with E-state index in [4.69, 9.17) is 16.3 Å². The van der Waals surface area contributed by atoms with Crippen LogP contribution in [0.3, 0.4) is 0 Å². The number of hydrogen-bond donors (Lipinski definition) is 1. The highest BCUT2D eigenvalue weighted by atomic mass is 35.5. The van der Waals surface area contributed by atoms with Crippen molar-refractivity contribution in [3.8, 4) is 5.75 Å². The van der Waals surface area contributed by atoms with Crippen molar-refractivity contribution in [1.82, 2.24) is 20.2 Å². The van der Waals surface area contributed by atoms with E-state index in [2.05, 4.69) is 20.8 Å². The van der Waals surface area contributed by atoms with Crippen LogP contribution in [-0.2, 0) is 4.79 Å². The molecule has 0 amide bonds. The third-order valence-corrected chi connectivity index (χ3v) is 5.78. The molecule has 0 unspecified atom stereocenters. The molecule has 2 aliphatic rings. The Hall–Kier alpha value is -3.19. The Kier molecular flexibility index (Phi) is 4.32. The van der Waals surface area contributed by atoms with Crippen LogP contribution in [0.4, 0.5) is 5.95 Å². The van der Waals surface area contributed by atoms with Gasteiger partial charge in [-0.3, -0.25) is 4.79 Å². The molecule has 29 heavy (non-hydrogen) atoms. The number of carbonyl (C=O) groups is 1. The lowest BCUT2D eigenvalue weighted by Gasteiger charge is -2.34. The van der Waals surface area contributed by atoms with Crippen LogP contribution in [0.25, 0.3) is 0 Å². The van der Waals surface area contributed by atoms with Gasteiger partial charge in [-0.05, 0) is 58.2 Å². The molecule has 1 aliphatic carbocycles. The van der Waals surface area contributed by atoms with Gasteiger partial charge in [0.2, 0.25) is 5.95 Å². The van der Waals surface area contributed by atoms with Crippen LogP contribution in [0.15, 0.2) is 59.8 Å². The third kappa shape index (κ3) is 3.07. The van der Waals surface area contributed by atoms with Crippen molar-refractivity contribution in [2.24, 2.45) is 0 Å². The molecule has 2 heterocycles. The van der Waals surface area contributed by atoms with E-state index in [1.54, 1.807) is 11.8 Å². The molecule has 0 bridgehead atoms. The molecule has 0 fully saturated rings. The Balaban J connectivity index is 1.57. The number of carbonyl (C=O) groups excluding carboxylic acids is 1. The first kappa shape index (κ1) is 17.9. The van der Waals surface area contributed by atoms with Gasteiger partial charge in [0.25, 0.3) is 0 Å². The van der Waals surface area contributed by atoms with Crippen LogP contribution in [0.5, 0.6) is 5.75 Å². The largest absolute Gasteiger partial charge is 0.497 e. The molecule has 2 aromatic carbocycles. The van der Waals surface area contributed by atoms with E-state index in [-0.39, 0.29) is 17.7 Å². The number of nitrogens with one attached hydrogen (secondary N) is 1. The monoisotopic (exact) mass is 407 g/mol. The zero-order chi connectivity index (χ0) is 20.0. The van der Waals surface area contributed by atoms with Gasteiger partial charge < -0.3 is 10.1 Å². The van der Waals surface area contributed by atoms with Crippen LogP contribution >= 0.6 is 11.6 Å². The molecule has 0 saturated carbocycles. The molecule has 0 saturated heterocycles. The topological polar surface area (TPSA) is 81.9 Å². The number of ether oxygens (including phenoxy) is 1. The van der Waals surface area contributed by atoms with Crippen molar-refractivity contribution in [3.05, 3.63) is 76.0 Å². The predicted molar refractivity (Wildman–Crippen MR) is 108 cm³/mol. The fourth-order valence-electron chi connectivity index (χ4n) is 4.16. The minimum Gasteiger partial charge on any atom is -0.497 e. The normalized spacial score (nSPS) is 20.7. The summed E-state index contributed by atoms with van der Waals surface area (Å²) < 4.78 is 7.01. The van der Waals surface area contributed by atoms with Crippen LogP contribution in [0.2, 0.25) is 5.02 Å². The summed E-state index contributed by atoms with van der Waals surface area (Å²) in [6, 6.07) is 15.0. The Morgan fingerprint density at radius 1 is 1.14 bits per heavy atom. The lowest BCUT2D eigenvalue weighted by molar-refractivity contribution is -0.116. The molecular weight excluding hydrogens is 390 g/mol. The maximum Gasteiger partial charge on any atom is 0.248 e. The van der Waals surface area contributed by atoms with E-state index in [0.717, 1.165) is 22.6 Å². The average molecular weight is 408 g/mol. The lowest BCUT2D eigenvalue weighted by Crippen LogP contribution is -2.33. The molecular formula is C21H18ClN5O2. The van der Waals surface area contributed by atoms with E-state index in [1.807, 2.05) is 48.5 Å². The molecule has 146 valence electrons. The fourth-order valence-corrected chi connectivity index (χ4v) is 4.28. The second-order valence-electron chi connectivity index (χ2n) is 7.22. The summed E-state index contributed by atoms with van der Waals surface area (Å²) in [4.78, 5) is 13.3. The van der Waals surface area contributed by atoms with Crippen molar-refractivity contribution in [3.63, 3.8) is 0 Å². The number of rotatable bonds is 3. The van der Waals surface area contributed by atoms with Gasteiger partial charge in [0.1, 0.15) is 11.8 Å². The first-order valence-corrected chi connectivity index (χ1v) is 9.72. The molecule has 1 aromatic heterocycles. The number of tetrazole rings is 1. The molecule has 8 heteroatoms. The minimum absolute atomic E-state index is 0.0668. The molecule has 0 spiro atoms. The Morgan fingerprint density at radius 3 is 2.76 bits per heavy atom. The van der Waals surface area contributed by atoms with Crippen LogP contribution in [-0.4, -0.2) is 33.1 Å². The standard InChI is InChI=1S/C21H18ClN5O2/c1-29-16-4-2-3-13(9-16)14-10-17-19(18(28)11-14)20(12-5-7-15(22)8-6-12)27-21(23-17)24-25-26-27/h2-9,14,20H,10-11H2,1H3,(H,23,24,26)/t14-,20-/m1/s1. The molecule has 0 radical (unpaired) electrons. The maximum absolute atomic E-state index is 13.3. The first-order chi connectivity index (χ1) is 14.1. The van der Waals surface area contributed by atoms with Crippen LogP contribution < -0.4 is 10.1 Å². The zero-order valence-corrected chi connectivity index (χ0v) is 16.4. The van der Waals surface area contributed by atoms with Gasteiger partial charge in [-0.25, -0.2) is 0 Å². The number of aromatic nitrogens is 4. The number of nitrogens with zero attached hydrogens (tertiary/aromatic N) is 4. The van der Waals surface area contributed by atoms with Crippen molar-refractivity contribution in [2.75, 3.05) is 12.4 Å². The van der Waals surface area contributed by atoms with E-state index in [0.29, 0.717) is 29.4 Å². The predicted octanol–water partition coefficient (Wildman–Crippen LogP) is 3.75. The average Bonchev–Trinajstić information content (AvgIpc) is 3.21. The van der Waals surface area contributed by atoms with Crippen molar-refractivity contribution < 1.29 is 9.53 Å². The number of halogens is 1. The van der Waals surface area contributed by atoms with Crippen molar-refractivity contribution in [2.45, 2.75) is 24.8 Å². The van der Waals surface area contributed by atoms with Crippen molar-refractivity contribution >= 4 is 23.3 Å². The second kappa shape index (κ2) is 7.00. The summed E-state index contributed by atoms with van der Waals surface area (Å²) in [7, 11) is 1.64. The summed E-state index contributed by atoms with van der Waals surface area (Å²) in [5.74, 6) is 1.47. The zero-order valence-electron chi connectivity index (χ0n) is 15.7. The Morgan fingerprint density at radius 2 is 1.97 bits per heavy atom. The maximum atomic E-state index is 13.3. The molecule has 7 nitrogen and oxygen atoms in total. The highest BCUT2D eigenvalue weighted by Gasteiger charge is 2.39. The summed E-state index contributed by atoms with van der Waals surface area (Å²) >= 11 is 6.06. The van der Waals surface area contributed by atoms with Gasteiger partial charge in [-0.15, -0.1) is 0 Å². The highest BCUT2D eigenvalue weighted by Crippen LogP contribution is 2.44. The van der Waals surface area contributed by atoms with Gasteiger partial charge in [0.15, 0.2) is 5.78 Å². The summed E-state index contributed by atoms with van der Waals surface area (Å²) in [6.07, 6.45) is 1.13. The summed E-state index contributed by atoms with van der Waals surface area (Å²) in [5.41, 5.74) is 3.59. The number of hydrogen-bond acceptors (Lipinski definition) is 6. The Bertz CT molecular complexity index is 1120. The fraction of sp³-hybridized carbons (Fsp3) is 0.238. The number of anilines is 1.